The number of hydrogen-bond acceptors (Lipinski definition) is 3. The van der Waals surface area contributed by atoms with Gasteiger partial charge in [-0.05, 0) is 42.7 Å². The van der Waals surface area contributed by atoms with Crippen LogP contribution in [0.15, 0.2) is 47.6 Å². The topological polar surface area (TPSA) is 63.7 Å². The lowest BCUT2D eigenvalue weighted by atomic mass is 10.3. The monoisotopic (exact) mass is 442 g/mol. The average Bonchev–Trinajstić information content (AvgIpc) is 3.40. The van der Waals surface area contributed by atoms with E-state index < -0.39 is 0 Å². The molecule has 0 bridgehead atoms. The van der Waals surface area contributed by atoms with Crippen LogP contribution in [0.5, 0.6) is 11.6 Å². The highest BCUT2D eigenvalue weighted by Crippen LogP contribution is 2.25. The number of guanidine groups is 1. The Morgan fingerprint density at radius 1 is 1.29 bits per heavy atom. The highest BCUT2D eigenvalue weighted by molar-refractivity contribution is 14.0. The molecule has 1 aliphatic carbocycles. The molecule has 2 N–H and O–H groups in total. The van der Waals surface area contributed by atoms with Gasteiger partial charge in [0.2, 0.25) is 5.88 Å². The second kappa shape index (κ2) is 8.27. The van der Waals surface area contributed by atoms with Gasteiger partial charge < -0.3 is 15.4 Å². The molecular weight excluding hydrogens is 422 g/mol. The van der Waals surface area contributed by atoms with Crippen LogP contribution >= 0.6 is 24.0 Å². The average molecular weight is 442 g/mol. The van der Waals surface area contributed by atoms with Gasteiger partial charge in [-0.1, -0.05) is 6.07 Å². The SMILES string of the molecule is CN(C(N)=NCc1ccc(Oc2ccc(F)cc2)nc1)C1CC1.I. The number of aliphatic imine (C=N–C) groups is 1. The molecule has 0 atom stereocenters. The summed E-state index contributed by atoms with van der Waals surface area (Å²) in [5, 5.41) is 0. The Kier molecular flexibility index (Phi) is 6.36. The first kappa shape index (κ1) is 18.4. The minimum absolute atomic E-state index is 0. The van der Waals surface area contributed by atoms with Crippen LogP contribution in [0, 0.1) is 5.82 Å². The van der Waals surface area contributed by atoms with Crippen molar-refractivity contribution in [1.29, 1.82) is 0 Å². The van der Waals surface area contributed by atoms with Gasteiger partial charge in [0.25, 0.3) is 0 Å². The van der Waals surface area contributed by atoms with E-state index in [1.165, 1.54) is 25.0 Å². The third kappa shape index (κ3) is 5.05. The van der Waals surface area contributed by atoms with Crippen LogP contribution in [0.25, 0.3) is 0 Å². The van der Waals surface area contributed by atoms with Gasteiger partial charge in [-0.15, -0.1) is 24.0 Å². The maximum Gasteiger partial charge on any atom is 0.219 e. The minimum atomic E-state index is -0.299. The van der Waals surface area contributed by atoms with Crippen molar-refractivity contribution in [3.8, 4) is 11.6 Å². The summed E-state index contributed by atoms with van der Waals surface area (Å²) < 4.78 is 18.4. The zero-order valence-corrected chi connectivity index (χ0v) is 15.7. The lowest BCUT2D eigenvalue weighted by Crippen LogP contribution is -2.35. The molecule has 0 aliphatic heterocycles. The Hall–Kier alpha value is -1.90. The summed E-state index contributed by atoms with van der Waals surface area (Å²) in [6, 6.07) is 10.0. The van der Waals surface area contributed by atoms with Crippen LogP contribution < -0.4 is 10.5 Å². The van der Waals surface area contributed by atoms with Crippen molar-refractivity contribution in [2.24, 2.45) is 10.7 Å². The van der Waals surface area contributed by atoms with Crippen molar-refractivity contribution in [3.05, 3.63) is 54.0 Å². The normalized spacial score (nSPS) is 14.0. The van der Waals surface area contributed by atoms with Gasteiger partial charge in [0, 0.05) is 25.4 Å². The lowest BCUT2D eigenvalue weighted by molar-refractivity contribution is 0.461. The first-order valence-corrected chi connectivity index (χ1v) is 7.53. The van der Waals surface area contributed by atoms with E-state index >= 15 is 0 Å². The van der Waals surface area contributed by atoms with Gasteiger partial charge in [0.15, 0.2) is 5.96 Å². The van der Waals surface area contributed by atoms with Gasteiger partial charge in [-0.25, -0.2) is 14.4 Å². The lowest BCUT2D eigenvalue weighted by Gasteiger charge is -2.16. The Bertz CT molecular complexity index is 687. The van der Waals surface area contributed by atoms with Crippen molar-refractivity contribution in [2.75, 3.05) is 7.05 Å². The second-order valence-electron chi connectivity index (χ2n) is 5.58. The van der Waals surface area contributed by atoms with Crippen LogP contribution in [0.3, 0.4) is 0 Å². The smallest absolute Gasteiger partial charge is 0.219 e. The summed E-state index contributed by atoms with van der Waals surface area (Å²) in [5.74, 6) is 1.25. The molecule has 2 aromatic rings. The highest BCUT2D eigenvalue weighted by Gasteiger charge is 2.27. The van der Waals surface area contributed by atoms with Crippen LogP contribution in [-0.4, -0.2) is 28.9 Å². The zero-order chi connectivity index (χ0) is 16.2. The number of pyridine rings is 1. The summed E-state index contributed by atoms with van der Waals surface area (Å²) in [5.41, 5.74) is 6.90. The van der Waals surface area contributed by atoms with Crippen molar-refractivity contribution in [3.63, 3.8) is 0 Å². The minimum Gasteiger partial charge on any atom is -0.439 e. The number of rotatable bonds is 5. The molecule has 0 unspecified atom stereocenters. The zero-order valence-electron chi connectivity index (χ0n) is 13.4. The molecule has 1 heterocycles. The molecule has 128 valence electrons. The van der Waals surface area contributed by atoms with Gasteiger partial charge in [-0.3, -0.25) is 0 Å². The molecule has 0 amide bonds. The molecule has 0 radical (unpaired) electrons. The Labute approximate surface area is 157 Å². The molecule has 0 spiro atoms. The number of hydrogen-bond donors (Lipinski definition) is 1. The molecule has 3 rings (SSSR count). The molecule has 0 saturated heterocycles. The first-order chi connectivity index (χ1) is 11.1. The number of aromatic nitrogens is 1. The van der Waals surface area contributed by atoms with Gasteiger partial charge >= 0.3 is 0 Å². The van der Waals surface area contributed by atoms with Crippen LogP contribution in [0.4, 0.5) is 4.39 Å². The molecule has 1 fully saturated rings. The molecule has 24 heavy (non-hydrogen) atoms. The number of nitrogens with zero attached hydrogens (tertiary/aromatic N) is 3. The van der Waals surface area contributed by atoms with E-state index in [1.54, 1.807) is 24.4 Å². The molecule has 1 aromatic heterocycles. The summed E-state index contributed by atoms with van der Waals surface area (Å²) in [6.45, 7) is 0.479. The molecule has 1 aliphatic rings. The fourth-order valence-electron chi connectivity index (χ4n) is 2.12. The third-order valence-corrected chi connectivity index (χ3v) is 3.71. The predicted octanol–water partition coefficient (Wildman–Crippen LogP) is 3.54. The fraction of sp³-hybridized carbons (Fsp3) is 0.294. The van der Waals surface area contributed by atoms with Gasteiger partial charge in [-0.2, -0.15) is 0 Å². The molecular formula is C17H20FIN4O. The highest BCUT2D eigenvalue weighted by atomic mass is 127. The van der Waals surface area contributed by atoms with Crippen molar-refractivity contribution < 1.29 is 9.13 Å². The van der Waals surface area contributed by atoms with Crippen LogP contribution in [-0.2, 0) is 6.54 Å². The van der Waals surface area contributed by atoms with E-state index in [9.17, 15) is 4.39 Å². The van der Waals surface area contributed by atoms with Crippen LogP contribution in [0.2, 0.25) is 0 Å². The predicted molar refractivity (Wildman–Crippen MR) is 102 cm³/mol. The van der Waals surface area contributed by atoms with E-state index in [0.717, 1.165) is 5.56 Å². The standard InChI is InChI=1S/C17H19FN4O.HI/c1-22(14-5-6-14)17(19)21-11-12-2-9-16(20-10-12)23-15-7-3-13(18)4-8-15;/h2-4,7-10,14H,5-6,11H2,1H3,(H2,19,21);1H. The fourth-order valence-corrected chi connectivity index (χ4v) is 2.12. The molecule has 5 nitrogen and oxygen atoms in total. The third-order valence-electron chi connectivity index (χ3n) is 3.71. The van der Waals surface area contributed by atoms with Gasteiger partial charge in [0.1, 0.15) is 11.6 Å². The summed E-state index contributed by atoms with van der Waals surface area (Å²) in [7, 11) is 1.97. The molecule has 1 saturated carbocycles. The molecule has 1 aromatic carbocycles. The number of benzene rings is 1. The molecule has 7 heteroatoms. The summed E-state index contributed by atoms with van der Waals surface area (Å²) in [4.78, 5) is 10.6. The summed E-state index contributed by atoms with van der Waals surface area (Å²) in [6.07, 6.45) is 4.07. The van der Waals surface area contributed by atoms with Gasteiger partial charge in [0.05, 0.1) is 6.54 Å². The van der Waals surface area contributed by atoms with E-state index in [0.29, 0.717) is 30.2 Å². The first-order valence-electron chi connectivity index (χ1n) is 7.53. The Balaban J connectivity index is 0.00000208. The largest absolute Gasteiger partial charge is 0.439 e. The van der Waals surface area contributed by atoms with E-state index in [4.69, 9.17) is 10.5 Å². The quantitative estimate of drug-likeness (QED) is 0.437. The number of halogens is 2. The van der Waals surface area contributed by atoms with Crippen molar-refractivity contribution >= 4 is 29.9 Å². The van der Waals surface area contributed by atoms with E-state index in [2.05, 4.69) is 9.98 Å². The van der Waals surface area contributed by atoms with E-state index in [1.807, 2.05) is 18.0 Å². The summed E-state index contributed by atoms with van der Waals surface area (Å²) >= 11 is 0. The van der Waals surface area contributed by atoms with Crippen molar-refractivity contribution in [2.45, 2.75) is 25.4 Å². The van der Waals surface area contributed by atoms with E-state index in [-0.39, 0.29) is 29.8 Å². The maximum absolute atomic E-state index is 12.8. The number of ether oxygens (including phenoxy) is 1. The Morgan fingerprint density at radius 3 is 2.58 bits per heavy atom. The number of nitrogens with two attached hydrogens (primary N) is 1. The Morgan fingerprint density at radius 2 is 2.00 bits per heavy atom. The maximum atomic E-state index is 12.8. The van der Waals surface area contributed by atoms with Crippen LogP contribution in [0.1, 0.15) is 18.4 Å². The van der Waals surface area contributed by atoms with Crippen molar-refractivity contribution in [1.82, 2.24) is 9.88 Å². The second-order valence-corrected chi connectivity index (χ2v) is 5.58.